The number of para-hydroxylation sites is 1. The van der Waals surface area contributed by atoms with Gasteiger partial charge in [0.05, 0.1) is 0 Å². The van der Waals surface area contributed by atoms with Crippen molar-refractivity contribution in [2.75, 3.05) is 0 Å². The van der Waals surface area contributed by atoms with Crippen LogP contribution in [0.15, 0.2) is 60.3 Å². The van der Waals surface area contributed by atoms with Crippen LogP contribution in [-0.2, 0) is 0 Å². The van der Waals surface area contributed by atoms with E-state index in [1.807, 2.05) is 0 Å². The van der Waals surface area contributed by atoms with Crippen LogP contribution in [0.2, 0.25) is 0 Å². The first kappa shape index (κ1) is 13.7. The number of allylic oxidation sites excluding steroid dienone is 1. The first-order valence-electron chi connectivity index (χ1n) is 7.46. The first-order chi connectivity index (χ1) is 10.1. The van der Waals surface area contributed by atoms with Gasteiger partial charge < -0.3 is 4.98 Å². The van der Waals surface area contributed by atoms with E-state index in [0.717, 1.165) is 0 Å². The summed E-state index contributed by atoms with van der Waals surface area (Å²) in [4.78, 5) is 3.34. The van der Waals surface area contributed by atoms with Crippen molar-refractivity contribution in [2.24, 2.45) is 0 Å². The molecule has 1 nitrogen and oxygen atoms in total. The molecule has 1 aromatic heterocycles. The summed E-state index contributed by atoms with van der Waals surface area (Å²) in [7, 11) is 0. The molecule has 0 fully saturated rings. The Bertz CT molecular complexity index is 775. The van der Waals surface area contributed by atoms with Gasteiger partial charge in [-0.2, -0.15) is 0 Å². The zero-order chi connectivity index (χ0) is 14.8. The maximum Gasteiger partial charge on any atom is 0.0460 e. The smallest absolute Gasteiger partial charge is 0.0460 e. The molecule has 2 aromatic carbocycles. The minimum atomic E-state index is 0.430. The molecule has 1 atom stereocenters. The van der Waals surface area contributed by atoms with E-state index in [0.29, 0.717) is 5.92 Å². The zero-order valence-corrected chi connectivity index (χ0v) is 12.9. The number of aromatic amines is 1. The van der Waals surface area contributed by atoms with Gasteiger partial charge in [0.1, 0.15) is 0 Å². The van der Waals surface area contributed by atoms with Gasteiger partial charge in [0.25, 0.3) is 0 Å². The molecule has 106 valence electrons. The summed E-state index contributed by atoms with van der Waals surface area (Å²) in [5, 5.41) is 1.29. The van der Waals surface area contributed by atoms with Gasteiger partial charge in [0, 0.05) is 23.0 Å². The summed E-state index contributed by atoms with van der Waals surface area (Å²) < 4.78 is 0. The molecule has 0 spiro atoms. The predicted octanol–water partition coefficient (Wildman–Crippen LogP) is 5.68. The molecule has 1 heterocycles. The van der Waals surface area contributed by atoms with Crippen molar-refractivity contribution in [3.63, 3.8) is 0 Å². The average molecular weight is 275 g/mol. The van der Waals surface area contributed by atoms with Gasteiger partial charge in [-0.1, -0.05) is 66.6 Å². The van der Waals surface area contributed by atoms with Crippen LogP contribution in [0.3, 0.4) is 0 Å². The number of nitrogens with one attached hydrogen (secondary N) is 1. The highest BCUT2D eigenvalue weighted by atomic mass is 14.7. The van der Waals surface area contributed by atoms with Crippen LogP contribution < -0.4 is 0 Å². The largest absolute Gasteiger partial charge is 0.361 e. The van der Waals surface area contributed by atoms with Crippen LogP contribution in [0.25, 0.3) is 17.0 Å². The molecule has 1 unspecified atom stereocenters. The number of rotatable bonds is 3. The normalized spacial score (nSPS) is 13.6. The lowest BCUT2D eigenvalue weighted by Gasteiger charge is -2.13. The van der Waals surface area contributed by atoms with Crippen LogP contribution in [-0.4, -0.2) is 4.98 Å². The van der Waals surface area contributed by atoms with Crippen LogP contribution >= 0.6 is 0 Å². The highest BCUT2D eigenvalue weighted by Crippen LogP contribution is 2.27. The van der Waals surface area contributed by atoms with E-state index in [1.54, 1.807) is 0 Å². The van der Waals surface area contributed by atoms with E-state index < -0.39 is 0 Å². The summed E-state index contributed by atoms with van der Waals surface area (Å²) in [5.74, 6) is 0.430. The average Bonchev–Trinajstić information content (AvgIpc) is 2.91. The van der Waals surface area contributed by atoms with Gasteiger partial charge >= 0.3 is 0 Å². The van der Waals surface area contributed by atoms with E-state index in [2.05, 4.69) is 86.6 Å². The standard InChI is InChI=1S/C20H21N/c1-14-8-10-17(11-9-14)16(3)15(2)12-18-13-21-20-7-5-4-6-19(18)20/h4-13,16,21H,1-3H3. The van der Waals surface area contributed by atoms with Crippen molar-refractivity contribution in [3.8, 4) is 0 Å². The summed E-state index contributed by atoms with van der Waals surface area (Å²) in [6.07, 6.45) is 4.39. The number of aryl methyl sites for hydroxylation is 1. The molecule has 0 saturated heterocycles. The molecule has 1 heteroatoms. The summed E-state index contributed by atoms with van der Waals surface area (Å²) >= 11 is 0. The first-order valence-corrected chi connectivity index (χ1v) is 7.46. The van der Waals surface area contributed by atoms with Gasteiger partial charge in [-0.25, -0.2) is 0 Å². The molecule has 0 radical (unpaired) electrons. The third-order valence-electron chi connectivity index (χ3n) is 4.26. The van der Waals surface area contributed by atoms with Crippen molar-refractivity contribution < 1.29 is 0 Å². The fourth-order valence-electron chi connectivity index (χ4n) is 2.70. The van der Waals surface area contributed by atoms with Crippen LogP contribution in [0.1, 0.15) is 36.5 Å². The molecule has 0 saturated carbocycles. The van der Waals surface area contributed by atoms with E-state index in [1.165, 1.54) is 33.2 Å². The van der Waals surface area contributed by atoms with Gasteiger partial charge in [-0.05, 0) is 31.0 Å². The molecule has 0 aliphatic heterocycles. The Hall–Kier alpha value is -2.28. The highest BCUT2D eigenvalue weighted by molar-refractivity contribution is 5.89. The highest BCUT2D eigenvalue weighted by Gasteiger charge is 2.08. The quantitative estimate of drug-likeness (QED) is 0.632. The molecule has 0 aliphatic carbocycles. The van der Waals surface area contributed by atoms with Crippen molar-refractivity contribution in [2.45, 2.75) is 26.7 Å². The monoisotopic (exact) mass is 275 g/mol. The maximum atomic E-state index is 3.34. The second-order valence-corrected chi connectivity index (χ2v) is 5.81. The Morgan fingerprint density at radius 2 is 1.76 bits per heavy atom. The summed E-state index contributed by atoms with van der Waals surface area (Å²) in [5.41, 5.74) is 6.52. The van der Waals surface area contributed by atoms with Crippen molar-refractivity contribution >= 4 is 17.0 Å². The zero-order valence-electron chi connectivity index (χ0n) is 12.9. The van der Waals surface area contributed by atoms with E-state index in [-0.39, 0.29) is 0 Å². The molecule has 1 N–H and O–H groups in total. The Morgan fingerprint density at radius 1 is 1.05 bits per heavy atom. The van der Waals surface area contributed by atoms with Crippen LogP contribution in [0, 0.1) is 6.92 Å². The number of H-pyrrole nitrogens is 1. The maximum absolute atomic E-state index is 3.34. The number of hydrogen-bond acceptors (Lipinski definition) is 0. The number of benzene rings is 2. The van der Waals surface area contributed by atoms with Crippen molar-refractivity contribution in [1.29, 1.82) is 0 Å². The van der Waals surface area contributed by atoms with Crippen LogP contribution in [0.5, 0.6) is 0 Å². The molecular formula is C20H21N. The van der Waals surface area contributed by atoms with Crippen molar-refractivity contribution in [3.05, 3.63) is 77.0 Å². The van der Waals surface area contributed by atoms with E-state index >= 15 is 0 Å². The lowest BCUT2D eigenvalue weighted by atomic mass is 9.92. The Kier molecular flexibility index (Phi) is 3.66. The molecule has 0 amide bonds. The van der Waals surface area contributed by atoms with E-state index in [4.69, 9.17) is 0 Å². The molecule has 0 bridgehead atoms. The predicted molar refractivity (Wildman–Crippen MR) is 91.5 cm³/mol. The fraction of sp³-hybridized carbons (Fsp3) is 0.200. The van der Waals surface area contributed by atoms with Crippen LogP contribution in [0.4, 0.5) is 0 Å². The van der Waals surface area contributed by atoms with Gasteiger partial charge in [0.15, 0.2) is 0 Å². The second-order valence-electron chi connectivity index (χ2n) is 5.81. The fourth-order valence-corrected chi connectivity index (χ4v) is 2.70. The molecule has 3 rings (SSSR count). The SMILES string of the molecule is CC(=Cc1c[nH]c2ccccc12)C(C)c1ccc(C)cc1. The summed E-state index contributed by atoms with van der Waals surface area (Å²) in [6.45, 7) is 6.61. The number of aromatic nitrogens is 1. The second kappa shape index (κ2) is 5.61. The topological polar surface area (TPSA) is 15.8 Å². The Balaban J connectivity index is 1.93. The third kappa shape index (κ3) is 2.78. The van der Waals surface area contributed by atoms with Gasteiger partial charge in [-0.15, -0.1) is 0 Å². The Morgan fingerprint density at radius 3 is 2.52 bits per heavy atom. The molecule has 3 aromatic rings. The Labute approximate surface area is 126 Å². The minimum absolute atomic E-state index is 0.430. The minimum Gasteiger partial charge on any atom is -0.361 e. The third-order valence-corrected chi connectivity index (χ3v) is 4.26. The number of fused-ring (bicyclic) bond motifs is 1. The van der Waals surface area contributed by atoms with E-state index in [9.17, 15) is 0 Å². The summed E-state index contributed by atoms with van der Waals surface area (Å²) in [6, 6.07) is 17.3. The lowest BCUT2D eigenvalue weighted by molar-refractivity contribution is 0.901. The van der Waals surface area contributed by atoms with Crippen molar-refractivity contribution in [1.82, 2.24) is 4.98 Å². The molecule has 0 aliphatic rings. The van der Waals surface area contributed by atoms with Gasteiger partial charge in [0.2, 0.25) is 0 Å². The molecule has 21 heavy (non-hydrogen) atoms. The van der Waals surface area contributed by atoms with Gasteiger partial charge in [-0.3, -0.25) is 0 Å². The lowest BCUT2D eigenvalue weighted by Crippen LogP contribution is -1.95. The molecular weight excluding hydrogens is 254 g/mol. The number of hydrogen-bond donors (Lipinski definition) is 1.